The lowest BCUT2D eigenvalue weighted by molar-refractivity contribution is -0.140. The largest absolute Gasteiger partial charge is 0.352 e. The van der Waals surface area contributed by atoms with Gasteiger partial charge >= 0.3 is 0 Å². The highest BCUT2D eigenvalue weighted by Crippen LogP contribution is 2.28. The molecule has 3 aromatic carbocycles. The number of carbonyl (C=O) groups is 2. The maximum atomic E-state index is 14.2. The first-order valence-corrected chi connectivity index (χ1v) is 16.2. The number of halogens is 1. The van der Waals surface area contributed by atoms with Gasteiger partial charge in [-0.15, -0.1) is 0 Å². The van der Waals surface area contributed by atoms with Crippen molar-refractivity contribution < 1.29 is 18.0 Å². The fourth-order valence-corrected chi connectivity index (χ4v) is 6.62. The number of aryl methyl sites for hydroxylation is 1. The first kappa shape index (κ1) is 29.8. The monoisotopic (exact) mass is 625 g/mol. The minimum atomic E-state index is -3.82. The number of para-hydroxylation sites is 1. The van der Waals surface area contributed by atoms with Crippen LogP contribution >= 0.6 is 15.9 Å². The molecule has 7 nitrogen and oxygen atoms in total. The lowest BCUT2D eigenvalue weighted by atomic mass is 10.0. The number of nitrogens with zero attached hydrogens (tertiary/aromatic N) is 2. The van der Waals surface area contributed by atoms with Crippen LogP contribution in [0.4, 0.5) is 5.69 Å². The van der Waals surface area contributed by atoms with E-state index in [2.05, 4.69) is 21.2 Å². The maximum absolute atomic E-state index is 14.2. The van der Waals surface area contributed by atoms with E-state index in [0.717, 1.165) is 52.9 Å². The van der Waals surface area contributed by atoms with Crippen molar-refractivity contribution >= 4 is 43.5 Å². The molecule has 0 aliphatic heterocycles. The summed E-state index contributed by atoms with van der Waals surface area (Å²) in [6, 6.07) is 23.5. The number of hydrogen-bond donors (Lipinski definition) is 1. The van der Waals surface area contributed by atoms with E-state index in [1.165, 1.54) is 0 Å². The van der Waals surface area contributed by atoms with Crippen molar-refractivity contribution in [1.29, 1.82) is 0 Å². The van der Waals surface area contributed by atoms with Crippen LogP contribution in [0.15, 0.2) is 83.3 Å². The number of hydrogen-bond acceptors (Lipinski definition) is 4. The van der Waals surface area contributed by atoms with Crippen LogP contribution < -0.4 is 9.62 Å². The molecule has 1 atom stereocenters. The molecule has 40 heavy (non-hydrogen) atoms. The molecule has 1 N–H and O–H groups in total. The summed E-state index contributed by atoms with van der Waals surface area (Å²) in [5.41, 5.74) is 3.17. The van der Waals surface area contributed by atoms with E-state index < -0.39 is 28.5 Å². The van der Waals surface area contributed by atoms with Crippen LogP contribution in [0.25, 0.3) is 0 Å². The van der Waals surface area contributed by atoms with Gasteiger partial charge in [0.2, 0.25) is 21.8 Å². The summed E-state index contributed by atoms with van der Waals surface area (Å²) in [4.78, 5) is 29.6. The van der Waals surface area contributed by atoms with Gasteiger partial charge in [0.1, 0.15) is 12.6 Å². The summed E-state index contributed by atoms with van der Waals surface area (Å²) < 4.78 is 27.5. The van der Waals surface area contributed by atoms with Gasteiger partial charge in [-0.1, -0.05) is 79.6 Å². The Labute approximate surface area is 245 Å². The van der Waals surface area contributed by atoms with E-state index >= 15 is 0 Å². The van der Waals surface area contributed by atoms with Crippen LogP contribution in [0.1, 0.15) is 42.4 Å². The lowest BCUT2D eigenvalue weighted by Gasteiger charge is -2.34. The molecule has 1 fully saturated rings. The molecule has 0 heterocycles. The Morgan fingerprint density at radius 3 is 2.23 bits per heavy atom. The quantitative estimate of drug-likeness (QED) is 0.316. The van der Waals surface area contributed by atoms with E-state index in [1.54, 1.807) is 29.2 Å². The Kier molecular flexibility index (Phi) is 10.0. The summed E-state index contributed by atoms with van der Waals surface area (Å²) >= 11 is 3.43. The molecule has 0 unspecified atom stereocenters. The Bertz CT molecular complexity index is 1430. The predicted octanol–water partition coefficient (Wildman–Crippen LogP) is 5.22. The maximum Gasteiger partial charge on any atom is 0.244 e. The Morgan fingerprint density at radius 1 is 0.950 bits per heavy atom. The third kappa shape index (κ3) is 7.73. The number of rotatable bonds is 11. The molecular formula is C31H36BrN3O4S. The molecular weight excluding hydrogens is 590 g/mol. The molecule has 0 bridgehead atoms. The van der Waals surface area contributed by atoms with Gasteiger partial charge in [0, 0.05) is 23.5 Å². The highest BCUT2D eigenvalue weighted by Gasteiger charge is 2.34. The lowest BCUT2D eigenvalue weighted by Crippen LogP contribution is -2.54. The summed E-state index contributed by atoms with van der Waals surface area (Å²) in [6.45, 7) is 1.71. The van der Waals surface area contributed by atoms with Gasteiger partial charge in [0.15, 0.2) is 0 Å². The zero-order valence-corrected chi connectivity index (χ0v) is 25.3. The van der Waals surface area contributed by atoms with Crippen molar-refractivity contribution in [3.8, 4) is 0 Å². The second kappa shape index (κ2) is 13.5. The zero-order valence-electron chi connectivity index (χ0n) is 22.9. The average Bonchev–Trinajstić information content (AvgIpc) is 3.43. The van der Waals surface area contributed by atoms with Crippen LogP contribution in [0.2, 0.25) is 0 Å². The summed E-state index contributed by atoms with van der Waals surface area (Å²) in [6.07, 6.45) is 5.36. The number of benzene rings is 3. The van der Waals surface area contributed by atoms with E-state index in [4.69, 9.17) is 0 Å². The molecule has 0 aromatic heterocycles. The predicted molar refractivity (Wildman–Crippen MR) is 162 cm³/mol. The topological polar surface area (TPSA) is 86.8 Å². The van der Waals surface area contributed by atoms with E-state index in [1.807, 2.05) is 61.5 Å². The first-order valence-electron chi connectivity index (χ1n) is 13.5. The molecule has 4 rings (SSSR count). The molecule has 2 amide bonds. The molecule has 9 heteroatoms. The van der Waals surface area contributed by atoms with Crippen molar-refractivity contribution in [3.63, 3.8) is 0 Å². The van der Waals surface area contributed by atoms with Crippen LogP contribution in [0.3, 0.4) is 0 Å². The van der Waals surface area contributed by atoms with Crippen molar-refractivity contribution in [2.45, 2.75) is 57.7 Å². The van der Waals surface area contributed by atoms with Crippen molar-refractivity contribution in [1.82, 2.24) is 10.2 Å². The van der Waals surface area contributed by atoms with E-state index in [9.17, 15) is 18.0 Å². The molecule has 1 saturated carbocycles. The SMILES string of the molecule is Cc1ccccc1CN(C(=O)CN(c1ccccc1Br)S(C)(=O)=O)[C@@H](Cc1ccccc1)C(=O)NC1CCCC1. The van der Waals surface area contributed by atoms with Gasteiger partial charge in [0.25, 0.3) is 0 Å². The van der Waals surface area contributed by atoms with Crippen LogP contribution in [0.5, 0.6) is 0 Å². The molecule has 0 saturated heterocycles. The number of carbonyl (C=O) groups excluding carboxylic acids is 2. The van der Waals surface area contributed by atoms with Gasteiger partial charge in [-0.05, 0) is 64.5 Å². The van der Waals surface area contributed by atoms with Crippen molar-refractivity contribution in [3.05, 3.63) is 100 Å². The smallest absolute Gasteiger partial charge is 0.244 e. The van der Waals surface area contributed by atoms with Gasteiger partial charge < -0.3 is 10.2 Å². The number of nitrogens with one attached hydrogen (secondary N) is 1. The van der Waals surface area contributed by atoms with Gasteiger partial charge in [-0.25, -0.2) is 8.42 Å². The zero-order chi connectivity index (χ0) is 28.7. The van der Waals surface area contributed by atoms with Gasteiger partial charge in [0.05, 0.1) is 11.9 Å². The molecule has 212 valence electrons. The highest BCUT2D eigenvalue weighted by atomic mass is 79.9. The normalized spacial score (nSPS) is 14.5. The average molecular weight is 627 g/mol. The second-order valence-electron chi connectivity index (χ2n) is 10.4. The molecule has 3 aromatic rings. The van der Waals surface area contributed by atoms with Gasteiger partial charge in [-0.2, -0.15) is 0 Å². The minimum Gasteiger partial charge on any atom is -0.352 e. The Hall–Kier alpha value is -3.17. The van der Waals surface area contributed by atoms with Crippen molar-refractivity contribution in [2.24, 2.45) is 0 Å². The van der Waals surface area contributed by atoms with E-state index in [-0.39, 0.29) is 18.5 Å². The molecule has 1 aliphatic rings. The number of amides is 2. The second-order valence-corrected chi connectivity index (χ2v) is 13.1. The minimum absolute atomic E-state index is 0.0778. The summed E-state index contributed by atoms with van der Waals surface area (Å²) in [5.74, 6) is -0.670. The van der Waals surface area contributed by atoms with Crippen LogP contribution in [0, 0.1) is 6.92 Å². The first-order chi connectivity index (χ1) is 19.1. The fourth-order valence-electron chi connectivity index (χ4n) is 5.14. The molecule has 1 aliphatic carbocycles. The number of sulfonamides is 1. The molecule has 0 spiro atoms. The Balaban J connectivity index is 1.74. The molecule has 0 radical (unpaired) electrons. The fraction of sp³-hybridized carbons (Fsp3) is 0.355. The van der Waals surface area contributed by atoms with Gasteiger partial charge in [-0.3, -0.25) is 13.9 Å². The van der Waals surface area contributed by atoms with Crippen LogP contribution in [-0.4, -0.2) is 50.0 Å². The third-order valence-corrected chi connectivity index (χ3v) is 9.17. The highest BCUT2D eigenvalue weighted by molar-refractivity contribution is 9.10. The summed E-state index contributed by atoms with van der Waals surface area (Å²) in [5, 5.41) is 3.19. The third-order valence-electron chi connectivity index (χ3n) is 7.37. The van der Waals surface area contributed by atoms with Crippen molar-refractivity contribution in [2.75, 3.05) is 17.1 Å². The standard InChI is InChI=1S/C31H36BrN3O4S/c1-23-12-6-7-15-25(23)21-34(30(36)22-35(40(2,38)39)28-19-11-10-18-27(28)32)29(20-24-13-4-3-5-14-24)31(37)33-26-16-8-9-17-26/h3-7,10-15,18-19,26,29H,8-9,16-17,20-22H2,1-2H3,(H,33,37)/t29-/m0/s1. The number of anilines is 1. The Morgan fingerprint density at radius 2 is 1.57 bits per heavy atom. The summed E-state index contributed by atoms with van der Waals surface area (Å²) in [7, 11) is -3.82. The van der Waals surface area contributed by atoms with E-state index in [0.29, 0.717) is 16.6 Å². The van der Waals surface area contributed by atoms with Crippen LogP contribution in [-0.2, 0) is 32.6 Å².